The molecule has 3 nitrogen and oxygen atoms in total. The Morgan fingerprint density at radius 3 is 2.30 bits per heavy atom. The molecule has 20 heavy (non-hydrogen) atoms. The molecule has 0 saturated heterocycles. The zero-order valence-corrected chi connectivity index (χ0v) is 11.8. The van der Waals surface area contributed by atoms with Gasteiger partial charge in [-0.3, -0.25) is 4.99 Å². The third-order valence-corrected chi connectivity index (χ3v) is 2.97. The Balaban J connectivity index is 2.32. The molecule has 0 fully saturated rings. The molecule has 0 aromatic heterocycles. The maximum absolute atomic E-state index is 12.8. The molecule has 0 atom stereocenters. The van der Waals surface area contributed by atoms with Crippen LogP contribution in [0.15, 0.2) is 41.4 Å². The molecule has 0 aliphatic carbocycles. The smallest absolute Gasteiger partial charge is 0.148 e. The second kappa shape index (κ2) is 6.39. The SMILES string of the molecule is COc1cc(OC)c(N=Cc2ccc(F)cc2)cc1Cl. The zero-order valence-electron chi connectivity index (χ0n) is 11.1. The predicted octanol–water partition coefficient (Wildman–Crippen LogP) is 4.25. The third-order valence-electron chi connectivity index (χ3n) is 2.68. The Kier molecular flexibility index (Phi) is 4.58. The minimum absolute atomic E-state index is 0.285. The summed E-state index contributed by atoms with van der Waals surface area (Å²) in [6.45, 7) is 0. The van der Waals surface area contributed by atoms with E-state index >= 15 is 0 Å². The van der Waals surface area contributed by atoms with Gasteiger partial charge in [0.2, 0.25) is 0 Å². The molecule has 0 heterocycles. The van der Waals surface area contributed by atoms with Gasteiger partial charge in [0.05, 0.1) is 19.2 Å². The van der Waals surface area contributed by atoms with E-state index in [9.17, 15) is 4.39 Å². The standard InChI is InChI=1S/C15H13ClFNO2/c1-19-14-8-15(20-2)13(7-12(14)16)18-9-10-3-5-11(17)6-4-10/h3-9H,1-2H3. The number of halogens is 2. The second-order valence-corrected chi connectivity index (χ2v) is 4.38. The zero-order chi connectivity index (χ0) is 14.5. The van der Waals surface area contributed by atoms with Gasteiger partial charge >= 0.3 is 0 Å². The molecule has 0 unspecified atom stereocenters. The van der Waals surface area contributed by atoms with Crippen molar-refractivity contribution in [1.82, 2.24) is 0 Å². The number of benzene rings is 2. The highest BCUT2D eigenvalue weighted by molar-refractivity contribution is 6.32. The van der Waals surface area contributed by atoms with Crippen LogP contribution in [0.4, 0.5) is 10.1 Å². The third kappa shape index (κ3) is 3.27. The summed E-state index contributed by atoms with van der Waals surface area (Å²) in [5.74, 6) is 0.779. The van der Waals surface area contributed by atoms with Crippen LogP contribution in [0.3, 0.4) is 0 Å². The van der Waals surface area contributed by atoms with Crippen LogP contribution in [0, 0.1) is 5.82 Å². The van der Waals surface area contributed by atoms with E-state index in [0.29, 0.717) is 22.2 Å². The molecule has 104 valence electrons. The Morgan fingerprint density at radius 1 is 1.05 bits per heavy atom. The Bertz CT molecular complexity index is 627. The molecular weight excluding hydrogens is 281 g/mol. The molecule has 0 saturated carbocycles. The summed E-state index contributed by atoms with van der Waals surface area (Å²) < 4.78 is 23.2. The van der Waals surface area contributed by atoms with Crippen LogP contribution in [0.1, 0.15) is 5.56 Å². The number of rotatable bonds is 4. The van der Waals surface area contributed by atoms with Gasteiger partial charge in [-0.25, -0.2) is 4.39 Å². The van der Waals surface area contributed by atoms with Gasteiger partial charge in [-0.2, -0.15) is 0 Å². The van der Waals surface area contributed by atoms with E-state index in [-0.39, 0.29) is 5.82 Å². The van der Waals surface area contributed by atoms with Gasteiger partial charge in [0.25, 0.3) is 0 Å². The van der Waals surface area contributed by atoms with Crippen molar-refractivity contribution in [1.29, 1.82) is 0 Å². The molecule has 0 amide bonds. The summed E-state index contributed by atoms with van der Waals surface area (Å²) in [6, 6.07) is 9.34. The number of hydrogen-bond acceptors (Lipinski definition) is 3. The predicted molar refractivity (Wildman–Crippen MR) is 78.2 cm³/mol. The molecule has 0 aliphatic heterocycles. The van der Waals surface area contributed by atoms with Crippen molar-refractivity contribution in [2.45, 2.75) is 0 Å². The average Bonchev–Trinajstić information content (AvgIpc) is 2.46. The van der Waals surface area contributed by atoms with Gasteiger partial charge in [0, 0.05) is 12.3 Å². The van der Waals surface area contributed by atoms with Crippen molar-refractivity contribution in [3.05, 3.63) is 52.8 Å². The van der Waals surface area contributed by atoms with Crippen LogP contribution in [-0.4, -0.2) is 20.4 Å². The molecule has 2 aromatic carbocycles. The molecule has 2 rings (SSSR count). The summed E-state index contributed by atoms with van der Waals surface area (Å²) in [7, 11) is 3.07. The molecule has 0 spiro atoms. The van der Waals surface area contributed by atoms with Crippen LogP contribution >= 0.6 is 11.6 Å². The van der Waals surface area contributed by atoms with Gasteiger partial charge in [-0.15, -0.1) is 0 Å². The molecule has 0 N–H and O–H groups in total. The highest BCUT2D eigenvalue weighted by atomic mass is 35.5. The van der Waals surface area contributed by atoms with Crippen LogP contribution < -0.4 is 9.47 Å². The van der Waals surface area contributed by atoms with Gasteiger partial charge < -0.3 is 9.47 Å². The van der Waals surface area contributed by atoms with E-state index < -0.39 is 0 Å². The van der Waals surface area contributed by atoms with E-state index in [1.807, 2.05) is 0 Å². The molecular formula is C15H13ClFNO2. The minimum Gasteiger partial charge on any atom is -0.495 e. The van der Waals surface area contributed by atoms with Crippen molar-refractivity contribution in [2.75, 3.05) is 14.2 Å². The van der Waals surface area contributed by atoms with Gasteiger partial charge in [-0.1, -0.05) is 23.7 Å². The summed E-state index contributed by atoms with van der Waals surface area (Å²) in [4.78, 5) is 4.30. The molecule has 0 aliphatic rings. The van der Waals surface area contributed by atoms with Crippen LogP contribution in [0.5, 0.6) is 11.5 Å². The highest BCUT2D eigenvalue weighted by Gasteiger charge is 2.08. The maximum Gasteiger partial charge on any atom is 0.148 e. The lowest BCUT2D eigenvalue weighted by Crippen LogP contribution is -1.89. The summed E-state index contributed by atoms with van der Waals surface area (Å²) >= 11 is 6.06. The Labute approximate surface area is 121 Å². The summed E-state index contributed by atoms with van der Waals surface area (Å²) in [6.07, 6.45) is 1.61. The summed E-state index contributed by atoms with van der Waals surface area (Å²) in [5.41, 5.74) is 1.35. The normalized spacial score (nSPS) is 10.8. The first-order chi connectivity index (χ1) is 9.63. The first-order valence-corrected chi connectivity index (χ1v) is 6.23. The van der Waals surface area contributed by atoms with Crippen molar-refractivity contribution >= 4 is 23.5 Å². The maximum atomic E-state index is 12.8. The topological polar surface area (TPSA) is 30.8 Å². The van der Waals surface area contributed by atoms with Gasteiger partial charge in [0.1, 0.15) is 23.0 Å². The molecule has 5 heteroatoms. The van der Waals surface area contributed by atoms with Crippen LogP contribution in [0.25, 0.3) is 0 Å². The first kappa shape index (κ1) is 14.3. The monoisotopic (exact) mass is 293 g/mol. The van der Waals surface area contributed by atoms with Crippen molar-refractivity contribution in [3.63, 3.8) is 0 Å². The fraction of sp³-hybridized carbons (Fsp3) is 0.133. The fourth-order valence-corrected chi connectivity index (χ4v) is 1.87. The van der Waals surface area contributed by atoms with Crippen LogP contribution in [-0.2, 0) is 0 Å². The van der Waals surface area contributed by atoms with Gasteiger partial charge in [-0.05, 0) is 23.8 Å². The van der Waals surface area contributed by atoms with E-state index in [4.69, 9.17) is 21.1 Å². The van der Waals surface area contributed by atoms with Gasteiger partial charge in [0.15, 0.2) is 0 Å². The average molecular weight is 294 g/mol. The fourth-order valence-electron chi connectivity index (χ4n) is 1.64. The van der Waals surface area contributed by atoms with E-state index in [1.165, 1.54) is 19.2 Å². The molecule has 0 bridgehead atoms. The van der Waals surface area contributed by atoms with E-state index in [2.05, 4.69) is 4.99 Å². The number of aliphatic imine (C=N–C) groups is 1. The molecule has 0 radical (unpaired) electrons. The first-order valence-electron chi connectivity index (χ1n) is 5.85. The lowest BCUT2D eigenvalue weighted by Gasteiger charge is -2.08. The second-order valence-electron chi connectivity index (χ2n) is 3.97. The highest BCUT2D eigenvalue weighted by Crippen LogP contribution is 2.37. The number of hydrogen-bond donors (Lipinski definition) is 0. The van der Waals surface area contributed by atoms with Crippen LogP contribution in [0.2, 0.25) is 5.02 Å². The molecule has 2 aromatic rings. The lowest BCUT2D eigenvalue weighted by molar-refractivity contribution is 0.395. The van der Waals surface area contributed by atoms with Crippen molar-refractivity contribution in [3.8, 4) is 11.5 Å². The minimum atomic E-state index is -0.285. The summed E-state index contributed by atoms with van der Waals surface area (Å²) in [5, 5.41) is 0.444. The number of nitrogens with zero attached hydrogens (tertiary/aromatic N) is 1. The largest absolute Gasteiger partial charge is 0.495 e. The lowest BCUT2D eigenvalue weighted by atomic mass is 10.2. The van der Waals surface area contributed by atoms with E-state index in [1.54, 1.807) is 37.6 Å². The quantitative estimate of drug-likeness (QED) is 0.789. The Morgan fingerprint density at radius 2 is 1.70 bits per heavy atom. The van der Waals surface area contributed by atoms with Crippen molar-refractivity contribution in [2.24, 2.45) is 4.99 Å². The Hall–Kier alpha value is -2.07. The number of ether oxygens (including phenoxy) is 2. The number of methoxy groups -OCH3 is 2. The van der Waals surface area contributed by atoms with Crippen molar-refractivity contribution < 1.29 is 13.9 Å². The van der Waals surface area contributed by atoms with E-state index in [0.717, 1.165) is 5.56 Å².